The van der Waals surface area contributed by atoms with Crippen molar-refractivity contribution in [2.75, 3.05) is 44.2 Å². The summed E-state index contributed by atoms with van der Waals surface area (Å²) >= 11 is 1.66. The predicted molar refractivity (Wildman–Crippen MR) is 95.4 cm³/mol. The first kappa shape index (κ1) is 17.6. The fourth-order valence-corrected chi connectivity index (χ4v) is 3.10. The lowest BCUT2D eigenvalue weighted by molar-refractivity contribution is 0.113. The summed E-state index contributed by atoms with van der Waals surface area (Å²) in [6.45, 7) is 6.07. The van der Waals surface area contributed by atoms with E-state index >= 15 is 0 Å². The van der Waals surface area contributed by atoms with E-state index in [4.69, 9.17) is 6.42 Å². The zero-order valence-corrected chi connectivity index (χ0v) is 14.4. The average molecular weight is 332 g/mol. The fraction of sp³-hybridized carbons (Fsp3) is 0.529. The minimum Gasteiger partial charge on any atom is -0.337 e. The van der Waals surface area contributed by atoms with Crippen LogP contribution >= 0.6 is 11.8 Å². The number of hydrogen-bond acceptors (Lipinski definition) is 4. The number of urea groups is 1. The molecule has 1 atom stereocenters. The van der Waals surface area contributed by atoms with Crippen molar-refractivity contribution in [3.05, 3.63) is 30.1 Å². The van der Waals surface area contributed by atoms with Gasteiger partial charge >= 0.3 is 6.03 Å². The van der Waals surface area contributed by atoms with Crippen molar-refractivity contribution in [1.29, 1.82) is 0 Å². The van der Waals surface area contributed by atoms with E-state index in [0.717, 1.165) is 37.6 Å². The van der Waals surface area contributed by atoms with E-state index in [0.29, 0.717) is 12.3 Å². The van der Waals surface area contributed by atoms with Crippen LogP contribution in [0.5, 0.6) is 0 Å². The number of terminal acetylenes is 1. The molecule has 1 unspecified atom stereocenters. The molecule has 0 spiro atoms. The van der Waals surface area contributed by atoms with Crippen molar-refractivity contribution in [3.63, 3.8) is 0 Å². The lowest BCUT2D eigenvalue weighted by Crippen LogP contribution is -2.52. The van der Waals surface area contributed by atoms with Gasteiger partial charge in [-0.1, -0.05) is 12.0 Å². The van der Waals surface area contributed by atoms with Crippen molar-refractivity contribution >= 4 is 17.8 Å². The smallest absolute Gasteiger partial charge is 0.317 e. The van der Waals surface area contributed by atoms with Gasteiger partial charge in [-0.05, 0) is 19.1 Å². The minimum atomic E-state index is 0.0245. The molecule has 1 N–H and O–H groups in total. The quantitative estimate of drug-likeness (QED) is 0.638. The van der Waals surface area contributed by atoms with Gasteiger partial charge in [0, 0.05) is 50.7 Å². The topological polar surface area (TPSA) is 48.5 Å². The summed E-state index contributed by atoms with van der Waals surface area (Å²) in [4.78, 5) is 20.8. The molecule has 23 heavy (non-hydrogen) atoms. The van der Waals surface area contributed by atoms with Gasteiger partial charge < -0.3 is 10.2 Å². The number of amides is 2. The molecule has 1 aromatic rings. The monoisotopic (exact) mass is 332 g/mol. The molecular weight excluding hydrogens is 308 g/mol. The Morgan fingerprint density at radius 2 is 2.22 bits per heavy atom. The molecule has 124 valence electrons. The zero-order valence-electron chi connectivity index (χ0n) is 13.6. The van der Waals surface area contributed by atoms with Gasteiger partial charge in [-0.2, -0.15) is 0 Å². The van der Waals surface area contributed by atoms with Crippen LogP contribution in [0.1, 0.15) is 18.7 Å². The Bertz CT molecular complexity index is 523. The van der Waals surface area contributed by atoms with E-state index in [9.17, 15) is 4.79 Å². The van der Waals surface area contributed by atoms with Crippen LogP contribution in [0.25, 0.3) is 0 Å². The molecule has 6 heteroatoms. The van der Waals surface area contributed by atoms with Crippen LogP contribution in [-0.4, -0.2) is 65.0 Å². The first-order valence-corrected chi connectivity index (χ1v) is 9.07. The highest BCUT2D eigenvalue weighted by Gasteiger charge is 2.24. The summed E-state index contributed by atoms with van der Waals surface area (Å²) in [5, 5.41) is 2.95. The van der Waals surface area contributed by atoms with E-state index < -0.39 is 0 Å². The highest BCUT2D eigenvalue weighted by molar-refractivity contribution is 7.99. The first-order valence-electron chi connectivity index (χ1n) is 7.91. The van der Waals surface area contributed by atoms with Gasteiger partial charge in [0.05, 0.1) is 11.4 Å². The molecule has 0 bridgehead atoms. The van der Waals surface area contributed by atoms with Gasteiger partial charge in [0.1, 0.15) is 0 Å². The standard InChI is InChI=1S/C17H24N4OS/c1-3-13-23-14-8-19-17(22)21-11-9-20(10-12-21)15(2)16-6-4-5-7-18-16/h1,4-7,15H,8-14H2,2H3,(H,19,22). The molecule has 5 nitrogen and oxygen atoms in total. The third kappa shape index (κ3) is 5.45. The van der Waals surface area contributed by atoms with Crippen LogP contribution in [0, 0.1) is 12.3 Å². The average Bonchev–Trinajstić information content (AvgIpc) is 2.61. The number of thioether (sulfide) groups is 1. The Morgan fingerprint density at radius 3 is 2.87 bits per heavy atom. The van der Waals surface area contributed by atoms with Crippen LogP contribution in [0.4, 0.5) is 4.79 Å². The lowest BCUT2D eigenvalue weighted by atomic mass is 10.1. The SMILES string of the molecule is C#CCSCCNC(=O)N1CCN(C(C)c2ccccn2)CC1. The van der Waals surface area contributed by atoms with Gasteiger partial charge in [-0.3, -0.25) is 9.88 Å². The van der Waals surface area contributed by atoms with Gasteiger partial charge in [0.25, 0.3) is 0 Å². The van der Waals surface area contributed by atoms with E-state index in [1.807, 2.05) is 23.2 Å². The summed E-state index contributed by atoms with van der Waals surface area (Å²) in [5.74, 6) is 4.13. The van der Waals surface area contributed by atoms with Crippen LogP contribution in [-0.2, 0) is 0 Å². The number of nitrogens with zero attached hydrogens (tertiary/aromatic N) is 3. The molecule has 1 aromatic heterocycles. The molecule has 0 saturated carbocycles. The summed E-state index contributed by atoms with van der Waals surface area (Å²) in [6, 6.07) is 6.30. The number of aromatic nitrogens is 1. The van der Waals surface area contributed by atoms with Crippen LogP contribution in [0.3, 0.4) is 0 Å². The third-order valence-corrected chi connectivity index (χ3v) is 4.84. The predicted octanol–water partition coefficient (Wildman–Crippen LogP) is 1.84. The fourth-order valence-electron chi connectivity index (χ4n) is 2.60. The van der Waals surface area contributed by atoms with Crippen LogP contribution in [0.2, 0.25) is 0 Å². The van der Waals surface area contributed by atoms with Gasteiger partial charge in [-0.25, -0.2) is 4.79 Å². The number of hydrogen-bond donors (Lipinski definition) is 1. The maximum Gasteiger partial charge on any atom is 0.317 e. The first-order chi connectivity index (χ1) is 11.2. The normalized spacial score (nSPS) is 16.6. The molecule has 2 rings (SSSR count). The summed E-state index contributed by atoms with van der Waals surface area (Å²) in [6.07, 6.45) is 7.02. The molecular formula is C17H24N4OS. The van der Waals surface area contributed by atoms with Gasteiger partial charge in [-0.15, -0.1) is 18.2 Å². The second-order valence-corrected chi connectivity index (χ2v) is 6.55. The maximum absolute atomic E-state index is 12.1. The maximum atomic E-state index is 12.1. The number of piperazine rings is 1. The molecule has 2 amide bonds. The summed E-state index contributed by atoms with van der Waals surface area (Å²) in [7, 11) is 0. The highest BCUT2D eigenvalue weighted by atomic mass is 32.2. The minimum absolute atomic E-state index is 0.0245. The lowest BCUT2D eigenvalue weighted by Gasteiger charge is -2.37. The van der Waals surface area contributed by atoms with E-state index in [1.165, 1.54) is 0 Å². The Hall–Kier alpha value is -1.71. The number of carbonyl (C=O) groups excluding carboxylic acids is 1. The van der Waals surface area contributed by atoms with Crippen molar-refractivity contribution in [2.45, 2.75) is 13.0 Å². The Balaban J connectivity index is 1.71. The van der Waals surface area contributed by atoms with E-state index in [2.05, 4.69) is 34.1 Å². The number of nitrogens with one attached hydrogen (secondary N) is 1. The third-order valence-electron chi connectivity index (χ3n) is 3.97. The number of rotatable bonds is 6. The molecule has 1 fully saturated rings. The second kappa shape index (κ2) is 9.43. The van der Waals surface area contributed by atoms with Crippen molar-refractivity contribution < 1.29 is 4.79 Å². The van der Waals surface area contributed by atoms with E-state index in [1.54, 1.807) is 11.8 Å². The largest absolute Gasteiger partial charge is 0.337 e. The second-order valence-electron chi connectivity index (χ2n) is 5.44. The van der Waals surface area contributed by atoms with Crippen molar-refractivity contribution in [1.82, 2.24) is 20.1 Å². The van der Waals surface area contributed by atoms with Crippen LogP contribution < -0.4 is 5.32 Å². The van der Waals surface area contributed by atoms with Crippen molar-refractivity contribution in [2.24, 2.45) is 0 Å². The molecule has 0 radical (unpaired) electrons. The molecule has 0 aromatic carbocycles. The van der Waals surface area contributed by atoms with Crippen molar-refractivity contribution in [3.8, 4) is 12.3 Å². The van der Waals surface area contributed by atoms with Gasteiger partial charge in [0.15, 0.2) is 0 Å². The molecule has 1 aliphatic heterocycles. The number of pyridine rings is 1. The Kier molecular flexibility index (Phi) is 7.24. The Morgan fingerprint density at radius 1 is 1.43 bits per heavy atom. The van der Waals surface area contributed by atoms with E-state index in [-0.39, 0.29) is 12.1 Å². The Labute approximate surface area is 142 Å². The molecule has 1 saturated heterocycles. The highest BCUT2D eigenvalue weighted by Crippen LogP contribution is 2.19. The molecule has 1 aliphatic rings. The summed E-state index contributed by atoms with van der Waals surface area (Å²) in [5.41, 5.74) is 1.08. The summed E-state index contributed by atoms with van der Waals surface area (Å²) < 4.78 is 0. The zero-order chi connectivity index (χ0) is 16.5. The number of carbonyl (C=O) groups is 1. The van der Waals surface area contributed by atoms with Crippen LogP contribution in [0.15, 0.2) is 24.4 Å². The molecule has 0 aliphatic carbocycles. The van der Waals surface area contributed by atoms with Gasteiger partial charge in [0.2, 0.25) is 0 Å². The molecule has 2 heterocycles.